The smallest absolute Gasteiger partial charge is 0.337 e. The lowest BCUT2D eigenvalue weighted by atomic mass is 9.88. The average Bonchev–Trinajstić information content (AvgIpc) is 2.84. The zero-order valence-electron chi connectivity index (χ0n) is 21.2. The Balaban J connectivity index is 1.74. The number of rotatable bonds is 5. The van der Waals surface area contributed by atoms with Crippen LogP contribution in [0, 0.1) is 6.92 Å². The van der Waals surface area contributed by atoms with Crippen LogP contribution >= 0.6 is 0 Å². The number of aryl methyl sites for hydroxylation is 1. The zero-order chi connectivity index (χ0) is 26.0. The first kappa shape index (κ1) is 25.0. The lowest BCUT2D eigenvalue weighted by Gasteiger charge is -2.40. The van der Waals surface area contributed by atoms with Gasteiger partial charge in [-0.05, 0) is 85.0 Å². The first-order chi connectivity index (χ1) is 17.2. The molecule has 0 saturated carbocycles. The van der Waals surface area contributed by atoms with Crippen molar-refractivity contribution in [3.8, 4) is 11.1 Å². The molecule has 7 nitrogen and oxygen atoms in total. The Morgan fingerprint density at radius 1 is 0.972 bits per heavy atom. The van der Waals surface area contributed by atoms with E-state index in [0.29, 0.717) is 5.56 Å². The highest BCUT2D eigenvalue weighted by atomic mass is 16.5. The number of nitrogens with zero attached hydrogens (tertiary/aromatic N) is 1. The van der Waals surface area contributed by atoms with E-state index in [1.807, 2.05) is 60.4 Å². The van der Waals surface area contributed by atoms with Gasteiger partial charge in [-0.3, -0.25) is 9.59 Å². The van der Waals surface area contributed by atoms with Crippen LogP contribution in [0.15, 0.2) is 60.7 Å². The molecule has 0 aliphatic carbocycles. The zero-order valence-corrected chi connectivity index (χ0v) is 21.2. The molecule has 0 saturated heterocycles. The molecule has 7 heteroatoms. The number of esters is 1. The SMILES string of the molecule is COC(=O)c1ccc(NC2CC(C)N(C(C)=O)c3ccc(-c4cccc(NC(C)=O)c4)cc32)c(C)c1. The number of ether oxygens (including phenoxy) is 1. The van der Waals surface area contributed by atoms with E-state index in [1.54, 1.807) is 13.0 Å². The summed E-state index contributed by atoms with van der Waals surface area (Å²) in [5.74, 6) is -0.493. The Labute approximate surface area is 211 Å². The highest BCUT2D eigenvalue weighted by Gasteiger charge is 2.33. The number of carbonyl (C=O) groups is 3. The Bertz CT molecular complexity index is 1330. The molecule has 2 amide bonds. The fourth-order valence-electron chi connectivity index (χ4n) is 4.90. The molecular formula is C29H31N3O4. The van der Waals surface area contributed by atoms with Crippen LogP contribution in [-0.4, -0.2) is 30.9 Å². The second kappa shape index (κ2) is 10.2. The Morgan fingerprint density at radius 2 is 1.72 bits per heavy atom. The fraction of sp³-hybridized carbons (Fsp3) is 0.276. The van der Waals surface area contributed by atoms with Crippen molar-refractivity contribution in [3.63, 3.8) is 0 Å². The lowest BCUT2D eigenvalue weighted by molar-refractivity contribution is -0.117. The summed E-state index contributed by atoms with van der Waals surface area (Å²) in [5.41, 5.74) is 6.93. The maximum absolute atomic E-state index is 12.5. The first-order valence-electron chi connectivity index (χ1n) is 11.9. The third-order valence-electron chi connectivity index (χ3n) is 6.51. The minimum atomic E-state index is -0.371. The van der Waals surface area contributed by atoms with Gasteiger partial charge in [0.1, 0.15) is 0 Å². The van der Waals surface area contributed by atoms with E-state index in [2.05, 4.69) is 23.6 Å². The first-order valence-corrected chi connectivity index (χ1v) is 11.9. The second-order valence-corrected chi connectivity index (χ2v) is 9.23. The van der Waals surface area contributed by atoms with Crippen molar-refractivity contribution in [1.29, 1.82) is 0 Å². The monoisotopic (exact) mass is 485 g/mol. The standard InChI is InChI=1S/C29H31N3O4/c1-17-13-23(29(35)36-5)9-11-26(17)31-27-14-18(2)32(20(4)34)28-12-10-22(16-25(27)28)21-7-6-8-24(15-21)30-19(3)33/h6-13,15-16,18,27,31H,14H2,1-5H3,(H,30,33). The number of anilines is 3. The van der Waals surface area contributed by atoms with Crippen molar-refractivity contribution >= 4 is 34.8 Å². The van der Waals surface area contributed by atoms with Crippen LogP contribution < -0.4 is 15.5 Å². The highest BCUT2D eigenvalue weighted by Crippen LogP contribution is 2.41. The number of methoxy groups -OCH3 is 1. The quantitative estimate of drug-likeness (QED) is 0.452. The van der Waals surface area contributed by atoms with Crippen LogP contribution in [-0.2, 0) is 14.3 Å². The summed E-state index contributed by atoms with van der Waals surface area (Å²) in [6.45, 7) is 7.08. The molecule has 186 valence electrons. The number of hydrogen-bond donors (Lipinski definition) is 2. The molecule has 4 rings (SSSR count). The summed E-state index contributed by atoms with van der Waals surface area (Å²) in [4.78, 5) is 37.8. The summed E-state index contributed by atoms with van der Waals surface area (Å²) in [7, 11) is 1.37. The third-order valence-corrected chi connectivity index (χ3v) is 6.51. The van der Waals surface area contributed by atoms with Gasteiger partial charge in [-0.25, -0.2) is 4.79 Å². The number of nitrogens with one attached hydrogen (secondary N) is 2. The average molecular weight is 486 g/mol. The van der Waals surface area contributed by atoms with Gasteiger partial charge in [-0.2, -0.15) is 0 Å². The second-order valence-electron chi connectivity index (χ2n) is 9.23. The van der Waals surface area contributed by atoms with E-state index in [4.69, 9.17) is 4.74 Å². The summed E-state index contributed by atoms with van der Waals surface area (Å²) in [5, 5.41) is 6.48. The van der Waals surface area contributed by atoms with E-state index < -0.39 is 0 Å². The predicted molar refractivity (Wildman–Crippen MR) is 142 cm³/mol. The molecule has 2 atom stereocenters. The van der Waals surface area contributed by atoms with Gasteiger partial charge >= 0.3 is 5.97 Å². The van der Waals surface area contributed by atoms with Crippen molar-refractivity contribution in [1.82, 2.24) is 0 Å². The minimum absolute atomic E-state index is 0.00113. The maximum Gasteiger partial charge on any atom is 0.337 e. The number of amides is 2. The summed E-state index contributed by atoms with van der Waals surface area (Å²) in [6.07, 6.45) is 0.722. The van der Waals surface area contributed by atoms with Crippen LogP contribution in [0.3, 0.4) is 0 Å². The predicted octanol–water partition coefficient (Wildman–Crippen LogP) is 5.71. The molecule has 2 N–H and O–H groups in total. The topological polar surface area (TPSA) is 87.7 Å². The van der Waals surface area contributed by atoms with Gasteiger partial charge in [0.15, 0.2) is 0 Å². The van der Waals surface area contributed by atoms with Crippen LogP contribution in [0.2, 0.25) is 0 Å². The van der Waals surface area contributed by atoms with Crippen molar-refractivity contribution < 1.29 is 19.1 Å². The molecule has 1 aliphatic rings. The van der Waals surface area contributed by atoms with Gasteiger partial charge < -0.3 is 20.3 Å². The van der Waals surface area contributed by atoms with Crippen molar-refractivity contribution in [2.75, 3.05) is 22.6 Å². The van der Waals surface area contributed by atoms with Gasteiger partial charge in [-0.1, -0.05) is 18.2 Å². The fourth-order valence-corrected chi connectivity index (χ4v) is 4.90. The number of fused-ring (bicyclic) bond motifs is 1. The van der Waals surface area contributed by atoms with E-state index in [9.17, 15) is 14.4 Å². The van der Waals surface area contributed by atoms with Gasteiger partial charge in [0.05, 0.1) is 18.7 Å². The number of hydrogen-bond acceptors (Lipinski definition) is 5. The number of benzene rings is 3. The molecule has 0 aromatic heterocycles. The van der Waals surface area contributed by atoms with Crippen LogP contribution in [0.4, 0.5) is 17.1 Å². The molecule has 1 aliphatic heterocycles. The largest absolute Gasteiger partial charge is 0.465 e. The molecule has 0 spiro atoms. The molecular weight excluding hydrogens is 454 g/mol. The van der Waals surface area contributed by atoms with Crippen molar-refractivity contribution in [2.24, 2.45) is 0 Å². The number of carbonyl (C=O) groups excluding carboxylic acids is 3. The van der Waals surface area contributed by atoms with Gasteiger partial charge in [0.25, 0.3) is 0 Å². The normalized spacial score (nSPS) is 16.6. The molecule has 1 heterocycles. The molecule has 3 aromatic rings. The maximum atomic E-state index is 12.5. The molecule has 0 radical (unpaired) electrons. The highest BCUT2D eigenvalue weighted by molar-refractivity contribution is 5.95. The van der Waals surface area contributed by atoms with Crippen LogP contribution in [0.5, 0.6) is 0 Å². The Kier molecular flexibility index (Phi) is 7.10. The minimum Gasteiger partial charge on any atom is -0.465 e. The van der Waals surface area contributed by atoms with Gasteiger partial charge in [0, 0.05) is 37.0 Å². The molecule has 2 unspecified atom stereocenters. The van der Waals surface area contributed by atoms with Gasteiger partial charge in [0.2, 0.25) is 11.8 Å². The third kappa shape index (κ3) is 5.10. The summed E-state index contributed by atoms with van der Waals surface area (Å²) < 4.78 is 4.84. The Hall–Kier alpha value is -4.13. The van der Waals surface area contributed by atoms with Crippen molar-refractivity contribution in [3.05, 3.63) is 77.4 Å². The Morgan fingerprint density at radius 3 is 2.39 bits per heavy atom. The van der Waals surface area contributed by atoms with E-state index in [-0.39, 0.29) is 29.9 Å². The van der Waals surface area contributed by atoms with Crippen LogP contribution in [0.25, 0.3) is 11.1 Å². The lowest BCUT2D eigenvalue weighted by Crippen LogP contribution is -2.43. The van der Waals surface area contributed by atoms with E-state index in [0.717, 1.165) is 45.7 Å². The summed E-state index contributed by atoms with van der Waals surface area (Å²) >= 11 is 0. The van der Waals surface area contributed by atoms with Gasteiger partial charge in [-0.15, -0.1) is 0 Å². The van der Waals surface area contributed by atoms with Crippen LogP contribution in [0.1, 0.15) is 54.7 Å². The molecule has 36 heavy (non-hydrogen) atoms. The van der Waals surface area contributed by atoms with E-state index in [1.165, 1.54) is 14.0 Å². The molecule has 0 bridgehead atoms. The molecule has 3 aromatic carbocycles. The molecule has 0 fully saturated rings. The van der Waals surface area contributed by atoms with E-state index >= 15 is 0 Å². The van der Waals surface area contributed by atoms with Crippen molar-refractivity contribution in [2.45, 2.75) is 46.2 Å². The summed E-state index contributed by atoms with van der Waals surface area (Å²) in [6, 6.07) is 19.2.